The molecule has 2 aromatic heterocycles. The molecule has 0 unspecified atom stereocenters. The molecule has 0 saturated carbocycles. The summed E-state index contributed by atoms with van der Waals surface area (Å²) in [5.41, 5.74) is 0.887. The van der Waals surface area contributed by atoms with Crippen LogP contribution in [0.15, 0.2) is 33.3 Å². The second-order valence-electron chi connectivity index (χ2n) is 4.19. The van der Waals surface area contributed by atoms with Gasteiger partial charge in [0.2, 0.25) is 5.82 Å². The van der Waals surface area contributed by atoms with Gasteiger partial charge in [-0.25, -0.2) is 0 Å². The van der Waals surface area contributed by atoms with Crippen LogP contribution >= 0.6 is 15.9 Å². The Labute approximate surface area is 128 Å². The Kier molecular flexibility index (Phi) is 4.02. The van der Waals surface area contributed by atoms with E-state index in [9.17, 15) is 0 Å². The first-order valence-corrected chi connectivity index (χ1v) is 6.88. The lowest BCUT2D eigenvalue weighted by molar-refractivity contribution is 0.151. The summed E-state index contributed by atoms with van der Waals surface area (Å²) in [5.74, 6) is 1.44. The van der Waals surface area contributed by atoms with Crippen LogP contribution < -0.4 is 0 Å². The first kappa shape index (κ1) is 13.8. The summed E-state index contributed by atoms with van der Waals surface area (Å²) in [7, 11) is 1.56. The van der Waals surface area contributed by atoms with Gasteiger partial charge in [0.05, 0.1) is 0 Å². The molecule has 3 rings (SSSR count). The third-order valence-corrected chi connectivity index (χ3v) is 3.14. The lowest BCUT2D eigenvalue weighted by atomic mass is 10.2. The fourth-order valence-corrected chi connectivity index (χ4v) is 1.95. The Morgan fingerprint density at radius 3 is 2.86 bits per heavy atom. The highest BCUT2D eigenvalue weighted by atomic mass is 79.9. The standard InChI is InChI=1S/C12H11BrN6O2/c1-20-7-11-14-10(17-21-11)6-19-16-12(15-18-19)8-2-4-9(13)5-3-8/h2-5H,6-7H2,1H3. The van der Waals surface area contributed by atoms with Crippen molar-refractivity contribution in [2.24, 2.45) is 0 Å². The van der Waals surface area contributed by atoms with E-state index in [1.54, 1.807) is 7.11 Å². The van der Waals surface area contributed by atoms with Gasteiger partial charge in [-0.2, -0.15) is 9.78 Å². The molecule has 0 saturated heterocycles. The Morgan fingerprint density at radius 1 is 1.29 bits per heavy atom. The fourth-order valence-electron chi connectivity index (χ4n) is 1.69. The molecule has 0 atom stereocenters. The van der Waals surface area contributed by atoms with Gasteiger partial charge in [0.1, 0.15) is 13.2 Å². The Hall–Kier alpha value is -2.13. The lowest BCUT2D eigenvalue weighted by Gasteiger charge is -1.94. The number of ether oxygens (including phenoxy) is 1. The highest BCUT2D eigenvalue weighted by Gasteiger charge is 2.10. The molecule has 0 aliphatic rings. The minimum Gasteiger partial charge on any atom is -0.375 e. The molecule has 1 aromatic carbocycles. The van der Waals surface area contributed by atoms with Gasteiger partial charge < -0.3 is 9.26 Å². The quantitative estimate of drug-likeness (QED) is 0.691. The molecule has 0 spiro atoms. The number of hydrogen-bond acceptors (Lipinski definition) is 7. The molecule has 0 radical (unpaired) electrons. The van der Waals surface area contributed by atoms with Crippen molar-refractivity contribution in [3.05, 3.63) is 40.5 Å². The van der Waals surface area contributed by atoms with Crippen molar-refractivity contribution in [1.29, 1.82) is 0 Å². The summed E-state index contributed by atoms with van der Waals surface area (Å²) < 4.78 is 10.9. The largest absolute Gasteiger partial charge is 0.375 e. The van der Waals surface area contributed by atoms with Crippen LogP contribution in [-0.2, 0) is 17.9 Å². The molecule has 0 bridgehead atoms. The van der Waals surface area contributed by atoms with E-state index in [0.29, 0.717) is 17.5 Å². The SMILES string of the molecule is COCc1nc(Cn2nnc(-c3ccc(Br)cc3)n2)no1. The Morgan fingerprint density at radius 2 is 2.10 bits per heavy atom. The highest BCUT2D eigenvalue weighted by molar-refractivity contribution is 9.10. The lowest BCUT2D eigenvalue weighted by Crippen LogP contribution is -2.05. The zero-order valence-electron chi connectivity index (χ0n) is 11.1. The maximum Gasteiger partial charge on any atom is 0.252 e. The molecule has 108 valence electrons. The van der Waals surface area contributed by atoms with Crippen molar-refractivity contribution in [2.75, 3.05) is 7.11 Å². The van der Waals surface area contributed by atoms with Crippen LogP contribution in [0, 0.1) is 0 Å². The van der Waals surface area contributed by atoms with Crippen molar-refractivity contribution in [3.63, 3.8) is 0 Å². The monoisotopic (exact) mass is 350 g/mol. The smallest absolute Gasteiger partial charge is 0.252 e. The molecule has 0 N–H and O–H groups in total. The molecule has 3 aromatic rings. The van der Waals surface area contributed by atoms with Crippen molar-refractivity contribution < 1.29 is 9.26 Å². The summed E-state index contributed by atoms with van der Waals surface area (Å²) >= 11 is 3.38. The van der Waals surface area contributed by atoms with E-state index < -0.39 is 0 Å². The minimum absolute atomic E-state index is 0.280. The third-order valence-electron chi connectivity index (χ3n) is 2.62. The topological polar surface area (TPSA) is 91.8 Å². The maximum absolute atomic E-state index is 5.00. The van der Waals surface area contributed by atoms with Crippen LogP contribution in [-0.4, -0.2) is 37.5 Å². The molecular formula is C12H11BrN6O2. The molecule has 0 amide bonds. The minimum atomic E-state index is 0.280. The van der Waals surface area contributed by atoms with E-state index in [1.165, 1.54) is 4.80 Å². The van der Waals surface area contributed by atoms with Crippen LogP contribution in [0.5, 0.6) is 0 Å². The van der Waals surface area contributed by atoms with E-state index in [-0.39, 0.29) is 13.2 Å². The number of tetrazole rings is 1. The average molecular weight is 351 g/mol. The maximum atomic E-state index is 5.00. The number of nitrogens with zero attached hydrogens (tertiary/aromatic N) is 6. The molecule has 0 fully saturated rings. The normalized spacial score (nSPS) is 11.0. The van der Waals surface area contributed by atoms with Crippen LogP contribution in [0.3, 0.4) is 0 Å². The number of aromatic nitrogens is 6. The van der Waals surface area contributed by atoms with Crippen molar-refractivity contribution in [2.45, 2.75) is 13.2 Å². The zero-order valence-corrected chi connectivity index (χ0v) is 12.7. The van der Waals surface area contributed by atoms with E-state index >= 15 is 0 Å². The van der Waals surface area contributed by atoms with Crippen LogP contribution in [0.1, 0.15) is 11.7 Å². The molecule has 2 heterocycles. The Balaban J connectivity index is 1.73. The van der Waals surface area contributed by atoms with E-state index in [1.807, 2.05) is 24.3 Å². The summed E-state index contributed by atoms with van der Waals surface area (Å²) in [6.45, 7) is 0.568. The second kappa shape index (κ2) is 6.10. The van der Waals surface area contributed by atoms with Gasteiger partial charge >= 0.3 is 0 Å². The van der Waals surface area contributed by atoms with Crippen LogP contribution in [0.4, 0.5) is 0 Å². The van der Waals surface area contributed by atoms with Gasteiger partial charge in [0.25, 0.3) is 5.89 Å². The predicted molar refractivity (Wildman–Crippen MR) is 75.1 cm³/mol. The molecular weight excluding hydrogens is 340 g/mol. The third kappa shape index (κ3) is 3.31. The molecule has 21 heavy (non-hydrogen) atoms. The fraction of sp³-hybridized carbons (Fsp3) is 0.250. The first-order valence-electron chi connectivity index (χ1n) is 6.09. The molecule has 0 aliphatic carbocycles. The van der Waals surface area contributed by atoms with Crippen LogP contribution in [0.2, 0.25) is 0 Å². The van der Waals surface area contributed by atoms with Crippen molar-refractivity contribution >= 4 is 15.9 Å². The number of benzene rings is 1. The van der Waals surface area contributed by atoms with Crippen molar-refractivity contribution in [3.8, 4) is 11.4 Å². The van der Waals surface area contributed by atoms with Gasteiger partial charge in [-0.3, -0.25) is 0 Å². The van der Waals surface area contributed by atoms with E-state index in [0.717, 1.165) is 10.0 Å². The van der Waals surface area contributed by atoms with E-state index in [4.69, 9.17) is 9.26 Å². The second-order valence-corrected chi connectivity index (χ2v) is 5.10. The average Bonchev–Trinajstić information content (AvgIpc) is 3.11. The highest BCUT2D eigenvalue weighted by Crippen LogP contribution is 2.17. The van der Waals surface area contributed by atoms with Gasteiger partial charge in [0.15, 0.2) is 5.82 Å². The Bertz CT molecular complexity index is 723. The van der Waals surface area contributed by atoms with Crippen LogP contribution in [0.25, 0.3) is 11.4 Å². The number of hydrogen-bond donors (Lipinski definition) is 0. The summed E-state index contributed by atoms with van der Waals surface area (Å²) in [4.78, 5) is 5.57. The molecule has 0 aliphatic heterocycles. The summed E-state index contributed by atoms with van der Waals surface area (Å²) in [6.07, 6.45) is 0. The van der Waals surface area contributed by atoms with Gasteiger partial charge in [-0.1, -0.05) is 21.1 Å². The molecule has 9 heteroatoms. The van der Waals surface area contributed by atoms with Gasteiger partial charge in [0, 0.05) is 17.1 Å². The number of methoxy groups -OCH3 is 1. The molecule has 8 nitrogen and oxygen atoms in total. The van der Waals surface area contributed by atoms with Gasteiger partial charge in [-0.05, 0) is 29.5 Å². The predicted octanol–water partition coefficient (Wildman–Crippen LogP) is 1.68. The van der Waals surface area contributed by atoms with Crippen molar-refractivity contribution in [1.82, 2.24) is 30.3 Å². The van der Waals surface area contributed by atoms with Gasteiger partial charge in [-0.15, -0.1) is 10.2 Å². The van der Waals surface area contributed by atoms with E-state index in [2.05, 4.69) is 41.5 Å². The number of rotatable bonds is 5. The number of halogens is 1. The summed E-state index contributed by atoms with van der Waals surface area (Å²) in [6, 6.07) is 7.67. The first-order chi connectivity index (χ1) is 10.2. The summed E-state index contributed by atoms with van der Waals surface area (Å²) in [5, 5.41) is 16.1. The zero-order chi connectivity index (χ0) is 14.7.